The molecule has 1 unspecified atom stereocenters. The highest BCUT2D eigenvalue weighted by atomic mass is 32.2. The van der Waals surface area contributed by atoms with Crippen LogP contribution in [0.4, 0.5) is 11.4 Å². The van der Waals surface area contributed by atoms with Crippen molar-refractivity contribution in [2.75, 3.05) is 22.9 Å². The number of nitrogens with zero attached hydrogens (tertiary/aromatic N) is 1. The molecule has 86 valence electrons. The third-order valence-corrected chi connectivity index (χ3v) is 3.69. The van der Waals surface area contributed by atoms with Gasteiger partial charge in [0.2, 0.25) is 5.91 Å². The number of carbonyl (C=O) groups is 1. The SMILES string of the molecule is CC(CN)N1C(=O)CSc2ccc(N)cc21. The molecule has 4 N–H and O–H groups in total. The van der Waals surface area contributed by atoms with Crippen LogP contribution in [-0.2, 0) is 4.79 Å². The molecule has 0 saturated carbocycles. The van der Waals surface area contributed by atoms with E-state index < -0.39 is 0 Å². The molecule has 1 aromatic rings. The highest BCUT2D eigenvalue weighted by Gasteiger charge is 2.27. The summed E-state index contributed by atoms with van der Waals surface area (Å²) >= 11 is 1.55. The van der Waals surface area contributed by atoms with E-state index in [0.717, 1.165) is 10.6 Å². The molecule has 1 amide bonds. The van der Waals surface area contributed by atoms with E-state index in [2.05, 4.69) is 0 Å². The number of anilines is 2. The maximum Gasteiger partial charge on any atom is 0.237 e. The Morgan fingerprint density at radius 1 is 1.56 bits per heavy atom. The van der Waals surface area contributed by atoms with Crippen molar-refractivity contribution in [1.29, 1.82) is 0 Å². The minimum atomic E-state index is 0.00829. The molecule has 0 aromatic heterocycles. The molecule has 0 spiro atoms. The molecule has 1 heterocycles. The van der Waals surface area contributed by atoms with Gasteiger partial charge >= 0.3 is 0 Å². The molecule has 0 aliphatic carbocycles. The zero-order valence-electron chi connectivity index (χ0n) is 9.14. The summed E-state index contributed by atoms with van der Waals surface area (Å²) in [6, 6.07) is 5.66. The molecule has 1 atom stereocenters. The third-order valence-electron chi connectivity index (χ3n) is 2.64. The Morgan fingerprint density at radius 2 is 2.31 bits per heavy atom. The van der Waals surface area contributed by atoms with Crippen molar-refractivity contribution < 1.29 is 4.79 Å². The van der Waals surface area contributed by atoms with Gasteiger partial charge in [-0.15, -0.1) is 11.8 Å². The standard InChI is InChI=1S/C11H15N3OS/c1-7(5-12)14-9-4-8(13)2-3-10(9)16-6-11(14)15/h2-4,7H,5-6,12-13H2,1H3. The lowest BCUT2D eigenvalue weighted by atomic mass is 10.2. The van der Waals surface area contributed by atoms with Crippen molar-refractivity contribution in [2.24, 2.45) is 5.73 Å². The molecular weight excluding hydrogens is 222 g/mol. The molecule has 16 heavy (non-hydrogen) atoms. The van der Waals surface area contributed by atoms with E-state index in [-0.39, 0.29) is 11.9 Å². The van der Waals surface area contributed by atoms with Crippen LogP contribution >= 0.6 is 11.8 Å². The van der Waals surface area contributed by atoms with Crippen molar-refractivity contribution >= 4 is 29.0 Å². The number of hydrogen-bond acceptors (Lipinski definition) is 4. The molecule has 1 aliphatic rings. The molecule has 0 radical (unpaired) electrons. The summed E-state index contributed by atoms with van der Waals surface area (Å²) < 4.78 is 0. The number of thioether (sulfide) groups is 1. The van der Waals surface area contributed by atoms with E-state index in [9.17, 15) is 4.79 Å². The lowest BCUT2D eigenvalue weighted by Gasteiger charge is -2.33. The fourth-order valence-electron chi connectivity index (χ4n) is 1.78. The predicted octanol–water partition coefficient (Wildman–Crippen LogP) is 1.05. The van der Waals surface area contributed by atoms with Gasteiger partial charge in [-0.05, 0) is 25.1 Å². The Labute approximate surface area is 99.0 Å². The molecule has 4 nitrogen and oxygen atoms in total. The van der Waals surface area contributed by atoms with Crippen LogP contribution in [0.15, 0.2) is 23.1 Å². The van der Waals surface area contributed by atoms with Gasteiger partial charge in [0.1, 0.15) is 0 Å². The van der Waals surface area contributed by atoms with Crippen molar-refractivity contribution in [3.63, 3.8) is 0 Å². The van der Waals surface area contributed by atoms with Gasteiger partial charge in [0, 0.05) is 23.2 Å². The fourth-order valence-corrected chi connectivity index (χ4v) is 2.66. The van der Waals surface area contributed by atoms with Crippen LogP contribution in [0.2, 0.25) is 0 Å². The average molecular weight is 237 g/mol. The first-order valence-electron chi connectivity index (χ1n) is 5.18. The Morgan fingerprint density at radius 3 is 3.00 bits per heavy atom. The minimum absolute atomic E-state index is 0.00829. The molecule has 0 fully saturated rings. The van der Waals surface area contributed by atoms with Gasteiger partial charge < -0.3 is 16.4 Å². The number of nitrogen functional groups attached to an aromatic ring is 1. The van der Waals surface area contributed by atoms with Crippen molar-refractivity contribution in [3.05, 3.63) is 18.2 Å². The number of hydrogen-bond donors (Lipinski definition) is 2. The normalized spacial score (nSPS) is 17.1. The lowest BCUT2D eigenvalue weighted by molar-refractivity contribution is -0.116. The predicted molar refractivity (Wildman–Crippen MR) is 67.6 cm³/mol. The second-order valence-electron chi connectivity index (χ2n) is 3.86. The number of fused-ring (bicyclic) bond motifs is 1. The van der Waals surface area contributed by atoms with Crippen LogP contribution in [0.1, 0.15) is 6.92 Å². The largest absolute Gasteiger partial charge is 0.399 e. The fraction of sp³-hybridized carbons (Fsp3) is 0.364. The van der Waals surface area contributed by atoms with Crippen LogP contribution in [0, 0.1) is 0 Å². The maximum absolute atomic E-state index is 11.9. The number of rotatable bonds is 2. The van der Waals surface area contributed by atoms with E-state index >= 15 is 0 Å². The van der Waals surface area contributed by atoms with Crippen LogP contribution in [-0.4, -0.2) is 24.2 Å². The number of benzene rings is 1. The van der Waals surface area contributed by atoms with Crippen LogP contribution in [0.5, 0.6) is 0 Å². The van der Waals surface area contributed by atoms with Crippen LogP contribution < -0.4 is 16.4 Å². The molecule has 1 aromatic carbocycles. The summed E-state index contributed by atoms with van der Waals surface area (Å²) in [5, 5.41) is 0. The van der Waals surface area contributed by atoms with E-state index in [0.29, 0.717) is 18.0 Å². The monoisotopic (exact) mass is 237 g/mol. The summed E-state index contributed by atoms with van der Waals surface area (Å²) in [7, 11) is 0. The zero-order chi connectivity index (χ0) is 11.7. The minimum Gasteiger partial charge on any atom is -0.399 e. The Balaban J connectivity index is 2.46. The Bertz CT molecular complexity index is 422. The smallest absolute Gasteiger partial charge is 0.237 e. The first kappa shape index (κ1) is 11.3. The zero-order valence-corrected chi connectivity index (χ0v) is 9.96. The number of nitrogens with two attached hydrogens (primary N) is 2. The topological polar surface area (TPSA) is 72.3 Å². The highest BCUT2D eigenvalue weighted by Crippen LogP contribution is 2.37. The summed E-state index contributed by atoms with van der Waals surface area (Å²) in [4.78, 5) is 14.7. The van der Waals surface area contributed by atoms with Gasteiger partial charge in [0.05, 0.1) is 11.4 Å². The van der Waals surface area contributed by atoms with Gasteiger partial charge in [0.15, 0.2) is 0 Å². The highest BCUT2D eigenvalue weighted by molar-refractivity contribution is 8.00. The van der Waals surface area contributed by atoms with Crippen LogP contribution in [0.3, 0.4) is 0 Å². The van der Waals surface area contributed by atoms with Crippen molar-refractivity contribution in [2.45, 2.75) is 17.9 Å². The quantitative estimate of drug-likeness (QED) is 0.754. The van der Waals surface area contributed by atoms with Crippen molar-refractivity contribution in [3.8, 4) is 0 Å². The van der Waals surface area contributed by atoms with E-state index in [1.54, 1.807) is 16.7 Å². The first-order chi connectivity index (χ1) is 7.63. The molecule has 2 rings (SSSR count). The van der Waals surface area contributed by atoms with Gasteiger partial charge in [-0.1, -0.05) is 0 Å². The van der Waals surface area contributed by atoms with Crippen molar-refractivity contribution in [1.82, 2.24) is 0 Å². The Hall–Kier alpha value is -1.20. The van der Waals surface area contributed by atoms with Gasteiger partial charge in [-0.25, -0.2) is 0 Å². The number of amides is 1. The van der Waals surface area contributed by atoms with E-state index in [4.69, 9.17) is 11.5 Å². The molecule has 1 aliphatic heterocycles. The summed E-state index contributed by atoms with van der Waals surface area (Å²) in [6.45, 7) is 2.39. The molecule has 5 heteroatoms. The van der Waals surface area contributed by atoms with Gasteiger partial charge in [-0.2, -0.15) is 0 Å². The maximum atomic E-state index is 11.9. The molecular formula is C11H15N3OS. The second-order valence-corrected chi connectivity index (χ2v) is 4.88. The van der Waals surface area contributed by atoms with E-state index in [1.165, 1.54) is 0 Å². The second kappa shape index (κ2) is 4.35. The first-order valence-corrected chi connectivity index (χ1v) is 6.16. The number of carbonyl (C=O) groups excluding carboxylic acids is 1. The average Bonchev–Trinajstić information content (AvgIpc) is 2.28. The summed E-state index contributed by atoms with van der Waals surface area (Å²) in [6.07, 6.45) is 0. The summed E-state index contributed by atoms with van der Waals surface area (Å²) in [5.41, 5.74) is 12.9. The molecule has 0 bridgehead atoms. The van der Waals surface area contributed by atoms with E-state index in [1.807, 2.05) is 25.1 Å². The van der Waals surface area contributed by atoms with Gasteiger partial charge in [-0.3, -0.25) is 4.79 Å². The third kappa shape index (κ3) is 1.88. The Kier molecular flexibility index (Phi) is 3.07. The lowest BCUT2D eigenvalue weighted by Crippen LogP contribution is -2.45. The summed E-state index contributed by atoms with van der Waals surface area (Å²) in [5.74, 6) is 0.572. The van der Waals surface area contributed by atoms with Crippen LogP contribution in [0.25, 0.3) is 0 Å². The molecule has 0 saturated heterocycles. The van der Waals surface area contributed by atoms with Gasteiger partial charge in [0.25, 0.3) is 0 Å².